The van der Waals surface area contributed by atoms with E-state index in [1.807, 2.05) is 50.2 Å². The number of likely N-dealkylation sites (N-methyl/N-ethyl adjacent to an activating group) is 1. The minimum Gasteiger partial charge on any atom is -0.281 e. The largest absolute Gasteiger partial charge is 0.281 e. The number of rotatable bonds is 1. The fraction of sp³-hybridized carbons (Fsp3) is 0.294. The number of fused-ring (bicyclic) bond motifs is 2. The summed E-state index contributed by atoms with van der Waals surface area (Å²) in [5.74, 6) is -0.325. The quantitative estimate of drug-likeness (QED) is 0.744. The monoisotopic (exact) mass is 267 g/mol. The van der Waals surface area contributed by atoms with Crippen molar-refractivity contribution in [3.05, 3.63) is 47.5 Å². The molecule has 0 bridgehead atoms. The number of nitrogens with zero attached hydrogens (tertiary/aromatic N) is 1. The van der Waals surface area contributed by atoms with Crippen LogP contribution in [0.5, 0.6) is 0 Å². The molecule has 1 unspecified atom stereocenters. The van der Waals surface area contributed by atoms with Gasteiger partial charge in [0.2, 0.25) is 5.91 Å². The van der Waals surface area contributed by atoms with Crippen LogP contribution in [0.1, 0.15) is 36.2 Å². The van der Waals surface area contributed by atoms with Crippen molar-refractivity contribution >= 4 is 22.6 Å². The van der Waals surface area contributed by atoms with Crippen LogP contribution in [-0.2, 0) is 10.2 Å². The normalized spacial score (nSPS) is 22.2. The molecule has 3 heteroatoms. The number of carbonyl (C=O) groups excluding carboxylic acids is 2. The fourth-order valence-corrected chi connectivity index (χ4v) is 2.97. The Hall–Kier alpha value is -2.16. The molecule has 2 aromatic carbocycles. The molecule has 0 spiro atoms. The Morgan fingerprint density at radius 2 is 1.70 bits per heavy atom. The van der Waals surface area contributed by atoms with Crippen molar-refractivity contribution < 1.29 is 9.59 Å². The molecule has 3 nitrogen and oxygen atoms in total. The summed E-state index contributed by atoms with van der Waals surface area (Å²) in [5, 5.41) is 2.09. The first-order valence-electron chi connectivity index (χ1n) is 6.85. The molecule has 2 amide bonds. The maximum Gasteiger partial charge on any atom is 0.260 e. The zero-order valence-corrected chi connectivity index (χ0v) is 11.9. The van der Waals surface area contributed by atoms with Gasteiger partial charge in [-0.1, -0.05) is 31.2 Å². The number of hydrogen-bond acceptors (Lipinski definition) is 2. The predicted molar refractivity (Wildman–Crippen MR) is 78.7 cm³/mol. The van der Waals surface area contributed by atoms with Gasteiger partial charge in [-0.05, 0) is 41.8 Å². The van der Waals surface area contributed by atoms with Crippen LogP contribution in [0.25, 0.3) is 10.8 Å². The maximum atomic E-state index is 12.5. The number of carbonyl (C=O) groups is 2. The summed E-state index contributed by atoms with van der Waals surface area (Å²) in [5.41, 5.74) is 0.879. The molecule has 0 N–H and O–H groups in total. The Kier molecular flexibility index (Phi) is 2.68. The average Bonchev–Trinajstić information content (AvgIpc) is 2.49. The summed E-state index contributed by atoms with van der Waals surface area (Å²) in [6.07, 6.45) is 0.675. The molecule has 1 heterocycles. The van der Waals surface area contributed by atoms with Crippen LogP contribution in [-0.4, -0.2) is 23.8 Å². The van der Waals surface area contributed by atoms with E-state index in [9.17, 15) is 9.59 Å². The van der Waals surface area contributed by atoms with Gasteiger partial charge in [-0.2, -0.15) is 0 Å². The van der Waals surface area contributed by atoms with Crippen molar-refractivity contribution in [2.45, 2.75) is 25.7 Å². The van der Waals surface area contributed by atoms with Crippen molar-refractivity contribution in [3.8, 4) is 0 Å². The zero-order chi connectivity index (χ0) is 14.5. The topological polar surface area (TPSA) is 37.4 Å². The van der Waals surface area contributed by atoms with Gasteiger partial charge in [0.15, 0.2) is 0 Å². The number of imide groups is 1. The molecule has 1 atom stereocenters. The van der Waals surface area contributed by atoms with Crippen molar-refractivity contribution in [1.29, 1.82) is 0 Å². The second kappa shape index (κ2) is 4.17. The Labute approximate surface area is 118 Å². The first-order valence-corrected chi connectivity index (χ1v) is 6.85. The highest BCUT2D eigenvalue weighted by Crippen LogP contribution is 2.38. The minimum absolute atomic E-state index is 0.118. The van der Waals surface area contributed by atoms with Gasteiger partial charge in [-0.3, -0.25) is 14.5 Å². The van der Waals surface area contributed by atoms with E-state index in [-0.39, 0.29) is 11.8 Å². The van der Waals surface area contributed by atoms with Gasteiger partial charge >= 0.3 is 0 Å². The van der Waals surface area contributed by atoms with Crippen LogP contribution in [0.4, 0.5) is 0 Å². The summed E-state index contributed by atoms with van der Waals surface area (Å²) in [4.78, 5) is 26.1. The fourth-order valence-electron chi connectivity index (χ4n) is 2.97. The Morgan fingerprint density at radius 3 is 2.30 bits per heavy atom. The molecular formula is C17H17NO2. The third kappa shape index (κ3) is 1.52. The van der Waals surface area contributed by atoms with Gasteiger partial charge in [0, 0.05) is 12.6 Å². The highest BCUT2D eigenvalue weighted by Gasteiger charge is 2.44. The van der Waals surface area contributed by atoms with E-state index in [4.69, 9.17) is 0 Å². The number of benzene rings is 2. The van der Waals surface area contributed by atoms with Crippen molar-refractivity contribution in [2.24, 2.45) is 0 Å². The summed E-state index contributed by atoms with van der Waals surface area (Å²) >= 11 is 0. The number of hydrogen-bond donors (Lipinski definition) is 0. The van der Waals surface area contributed by atoms with Crippen molar-refractivity contribution in [1.82, 2.24) is 4.90 Å². The molecule has 2 aromatic rings. The van der Waals surface area contributed by atoms with E-state index in [0.29, 0.717) is 12.0 Å². The van der Waals surface area contributed by atoms with E-state index in [1.165, 1.54) is 4.90 Å². The SMILES string of the molecule is CCC1(C)C(=O)N(C)C(=O)c2cc3ccccc3cc21. The molecule has 0 aliphatic carbocycles. The summed E-state index contributed by atoms with van der Waals surface area (Å²) in [6, 6.07) is 11.8. The molecule has 0 fully saturated rings. The van der Waals surface area contributed by atoms with Crippen LogP contribution in [0.15, 0.2) is 36.4 Å². The standard InChI is InChI=1S/C17H17NO2/c1-4-17(2)14-10-12-8-6-5-7-11(12)9-13(14)15(19)18(3)16(17)20/h5-10H,4H2,1-3H3. The third-order valence-electron chi connectivity index (χ3n) is 4.50. The lowest BCUT2D eigenvalue weighted by Crippen LogP contribution is -2.51. The lowest BCUT2D eigenvalue weighted by atomic mass is 9.73. The van der Waals surface area contributed by atoms with Gasteiger partial charge in [0.25, 0.3) is 5.91 Å². The molecule has 0 aromatic heterocycles. The molecule has 0 saturated heterocycles. The van der Waals surface area contributed by atoms with Gasteiger partial charge in [0.1, 0.15) is 0 Å². The maximum absolute atomic E-state index is 12.5. The van der Waals surface area contributed by atoms with Crippen molar-refractivity contribution in [2.75, 3.05) is 7.05 Å². The Morgan fingerprint density at radius 1 is 1.10 bits per heavy atom. The van der Waals surface area contributed by atoms with Gasteiger partial charge < -0.3 is 0 Å². The lowest BCUT2D eigenvalue weighted by Gasteiger charge is -2.37. The first kappa shape index (κ1) is 12.9. The second-order valence-corrected chi connectivity index (χ2v) is 5.60. The van der Waals surface area contributed by atoms with Crippen LogP contribution >= 0.6 is 0 Å². The Bertz CT molecular complexity index is 735. The lowest BCUT2D eigenvalue weighted by molar-refractivity contribution is -0.133. The molecule has 1 aliphatic heterocycles. The van der Waals surface area contributed by atoms with E-state index in [2.05, 4.69) is 0 Å². The molecule has 0 radical (unpaired) electrons. The van der Waals surface area contributed by atoms with Gasteiger partial charge in [-0.15, -0.1) is 0 Å². The molecular weight excluding hydrogens is 250 g/mol. The summed E-state index contributed by atoms with van der Waals surface area (Å²) in [7, 11) is 1.57. The summed E-state index contributed by atoms with van der Waals surface area (Å²) in [6.45, 7) is 3.91. The van der Waals surface area contributed by atoms with Crippen LogP contribution < -0.4 is 0 Å². The van der Waals surface area contributed by atoms with Crippen molar-refractivity contribution in [3.63, 3.8) is 0 Å². The van der Waals surface area contributed by atoms with Crippen LogP contribution in [0.2, 0.25) is 0 Å². The smallest absolute Gasteiger partial charge is 0.260 e. The molecule has 102 valence electrons. The minimum atomic E-state index is -0.623. The van der Waals surface area contributed by atoms with E-state index in [1.54, 1.807) is 7.05 Å². The van der Waals surface area contributed by atoms with E-state index >= 15 is 0 Å². The predicted octanol–water partition coefficient (Wildman–Crippen LogP) is 3.12. The van der Waals surface area contributed by atoms with Crippen LogP contribution in [0, 0.1) is 0 Å². The third-order valence-corrected chi connectivity index (χ3v) is 4.50. The first-order chi connectivity index (χ1) is 9.49. The molecule has 20 heavy (non-hydrogen) atoms. The van der Waals surface area contributed by atoms with Gasteiger partial charge in [0.05, 0.1) is 5.41 Å². The molecule has 0 saturated carbocycles. The summed E-state index contributed by atoms with van der Waals surface area (Å²) < 4.78 is 0. The molecule has 1 aliphatic rings. The highest BCUT2D eigenvalue weighted by molar-refractivity contribution is 6.14. The van der Waals surface area contributed by atoms with E-state index < -0.39 is 5.41 Å². The van der Waals surface area contributed by atoms with E-state index in [0.717, 1.165) is 16.3 Å². The Balaban J connectivity index is 2.38. The highest BCUT2D eigenvalue weighted by atomic mass is 16.2. The van der Waals surface area contributed by atoms with Crippen LogP contribution in [0.3, 0.4) is 0 Å². The zero-order valence-electron chi connectivity index (χ0n) is 11.9. The van der Waals surface area contributed by atoms with Gasteiger partial charge in [-0.25, -0.2) is 0 Å². The second-order valence-electron chi connectivity index (χ2n) is 5.60. The number of amides is 2. The average molecular weight is 267 g/mol. The molecule has 3 rings (SSSR count).